The molecule has 2 heterocycles. The second-order valence-corrected chi connectivity index (χ2v) is 6.06. The molecule has 7 heteroatoms. The maximum Gasteiger partial charge on any atom is 0.341 e. The van der Waals surface area contributed by atoms with E-state index >= 15 is 0 Å². The highest BCUT2D eigenvalue weighted by Gasteiger charge is 2.25. The third kappa shape index (κ3) is 3.48. The van der Waals surface area contributed by atoms with Crippen LogP contribution in [-0.4, -0.2) is 27.3 Å². The molecule has 0 aliphatic rings. The van der Waals surface area contributed by atoms with Crippen LogP contribution in [0.2, 0.25) is 0 Å². The number of aryl methyl sites for hydroxylation is 1. The van der Waals surface area contributed by atoms with Gasteiger partial charge in [0.2, 0.25) is 0 Å². The molecule has 0 bridgehead atoms. The summed E-state index contributed by atoms with van der Waals surface area (Å²) < 4.78 is 6.75. The topological polar surface area (TPSA) is 69.0 Å². The van der Waals surface area contributed by atoms with E-state index in [2.05, 4.69) is 29.2 Å². The first kappa shape index (κ1) is 15.7. The highest BCUT2D eigenvalue weighted by Crippen LogP contribution is 2.23. The predicted molar refractivity (Wildman–Crippen MR) is 81.1 cm³/mol. The summed E-state index contributed by atoms with van der Waals surface area (Å²) in [5.74, 6) is -0.338. The number of thiazole rings is 1. The number of rotatable bonds is 6. The van der Waals surface area contributed by atoms with Gasteiger partial charge in [0.15, 0.2) is 0 Å². The highest BCUT2D eigenvalue weighted by atomic mass is 32.1. The second-order valence-electron chi connectivity index (χ2n) is 5.16. The van der Waals surface area contributed by atoms with Gasteiger partial charge in [0.1, 0.15) is 10.6 Å². The van der Waals surface area contributed by atoms with Gasteiger partial charge in [-0.3, -0.25) is 4.68 Å². The van der Waals surface area contributed by atoms with E-state index in [9.17, 15) is 4.79 Å². The molecule has 0 aliphatic carbocycles. The van der Waals surface area contributed by atoms with Crippen molar-refractivity contribution < 1.29 is 9.53 Å². The maximum atomic E-state index is 11.9. The lowest BCUT2D eigenvalue weighted by Gasteiger charge is -2.24. The summed E-state index contributed by atoms with van der Waals surface area (Å²) in [5.41, 5.74) is 1.03. The van der Waals surface area contributed by atoms with E-state index < -0.39 is 0 Å². The first-order valence-corrected chi connectivity index (χ1v) is 7.66. The van der Waals surface area contributed by atoms with E-state index in [-0.39, 0.29) is 11.5 Å². The molecular formula is C14H20N4O2S. The Balaban J connectivity index is 2.13. The van der Waals surface area contributed by atoms with Crippen LogP contribution in [0.4, 0.5) is 0 Å². The molecule has 2 aromatic heterocycles. The van der Waals surface area contributed by atoms with Crippen molar-refractivity contribution in [1.82, 2.24) is 20.1 Å². The molecule has 0 saturated carbocycles. The van der Waals surface area contributed by atoms with Gasteiger partial charge in [0.25, 0.3) is 0 Å². The molecule has 6 nitrogen and oxygen atoms in total. The first-order valence-electron chi connectivity index (χ1n) is 6.78. The lowest BCUT2D eigenvalue weighted by Crippen LogP contribution is -2.36. The van der Waals surface area contributed by atoms with Gasteiger partial charge in [0, 0.05) is 25.2 Å². The van der Waals surface area contributed by atoms with Gasteiger partial charge in [-0.1, -0.05) is 0 Å². The second kappa shape index (κ2) is 6.36. The minimum Gasteiger partial charge on any atom is -0.462 e. The predicted octanol–water partition coefficient (Wildman–Crippen LogP) is 2.08. The smallest absolute Gasteiger partial charge is 0.341 e. The highest BCUT2D eigenvalue weighted by molar-refractivity contribution is 7.09. The third-order valence-corrected chi connectivity index (χ3v) is 4.32. The molecule has 0 spiro atoms. The van der Waals surface area contributed by atoms with Crippen LogP contribution in [0, 0.1) is 0 Å². The van der Waals surface area contributed by atoms with Crippen LogP contribution >= 0.6 is 11.3 Å². The van der Waals surface area contributed by atoms with E-state index in [4.69, 9.17) is 4.74 Å². The van der Waals surface area contributed by atoms with Crippen LogP contribution in [0.25, 0.3) is 0 Å². The van der Waals surface area contributed by atoms with Crippen LogP contribution in [0.3, 0.4) is 0 Å². The Bertz CT molecular complexity index is 605. The van der Waals surface area contributed by atoms with Gasteiger partial charge in [-0.05, 0) is 20.8 Å². The standard InChI is InChI=1S/C14H20N4O2S/c1-5-20-12(19)10-8-17-18(4)11(10)9-16-14(2,3)13-15-6-7-21-13/h6-8,16H,5,9H2,1-4H3. The average Bonchev–Trinajstić information content (AvgIpc) is 3.06. The summed E-state index contributed by atoms with van der Waals surface area (Å²) in [4.78, 5) is 16.3. The molecule has 0 fully saturated rings. The van der Waals surface area contributed by atoms with Crippen LogP contribution < -0.4 is 5.32 Å². The van der Waals surface area contributed by atoms with E-state index in [0.717, 1.165) is 10.7 Å². The minimum atomic E-state index is -0.338. The van der Waals surface area contributed by atoms with Crippen molar-refractivity contribution in [1.29, 1.82) is 0 Å². The number of nitrogens with one attached hydrogen (secondary N) is 1. The summed E-state index contributed by atoms with van der Waals surface area (Å²) in [7, 11) is 1.82. The molecule has 21 heavy (non-hydrogen) atoms. The summed E-state index contributed by atoms with van der Waals surface area (Å²) >= 11 is 1.60. The summed E-state index contributed by atoms with van der Waals surface area (Å²) in [5, 5.41) is 10.5. The van der Waals surface area contributed by atoms with Crippen molar-refractivity contribution in [2.24, 2.45) is 7.05 Å². The van der Waals surface area contributed by atoms with Gasteiger partial charge < -0.3 is 10.1 Å². The molecule has 0 radical (unpaired) electrons. The zero-order valence-electron chi connectivity index (χ0n) is 12.7. The molecule has 0 saturated heterocycles. The van der Waals surface area contributed by atoms with Crippen molar-refractivity contribution in [3.05, 3.63) is 34.0 Å². The zero-order chi connectivity index (χ0) is 15.5. The lowest BCUT2D eigenvalue weighted by molar-refractivity contribution is 0.0524. The quantitative estimate of drug-likeness (QED) is 0.827. The van der Waals surface area contributed by atoms with Gasteiger partial charge in [-0.2, -0.15) is 5.10 Å². The Hall–Kier alpha value is -1.73. The largest absolute Gasteiger partial charge is 0.462 e. The maximum absolute atomic E-state index is 11.9. The SMILES string of the molecule is CCOC(=O)c1cnn(C)c1CNC(C)(C)c1nccs1. The molecule has 0 aliphatic heterocycles. The fourth-order valence-corrected chi connectivity index (χ4v) is 2.70. The Morgan fingerprint density at radius 2 is 2.29 bits per heavy atom. The summed E-state index contributed by atoms with van der Waals surface area (Å²) in [6, 6.07) is 0. The number of ether oxygens (including phenoxy) is 1. The van der Waals surface area contributed by atoms with E-state index in [1.165, 1.54) is 0 Å². The number of hydrogen-bond donors (Lipinski definition) is 1. The molecule has 2 rings (SSSR count). The van der Waals surface area contributed by atoms with Crippen LogP contribution in [-0.2, 0) is 23.9 Å². The number of carbonyl (C=O) groups is 1. The van der Waals surface area contributed by atoms with Crippen LogP contribution in [0.15, 0.2) is 17.8 Å². The fourth-order valence-electron chi connectivity index (χ4n) is 1.96. The van der Waals surface area contributed by atoms with Crippen LogP contribution in [0.5, 0.6) is 0 Å². The Morgan fingerprint density at radius 3 is 2.90 bits per heavy atom. The number of carbonyl (C=O) groups excluding carboxylic acids is 1. The van der Waals surface area contributed by atoms with Crippen molar-refractivity contribution >= 4 is 17.3 Å². The monoisotopic (exact) mass is 308 g/mol. The lowest BCUT2D eigenvalue weighted by atomic mass is 10.1. The molecule has 2 aromatic rings. The molecule has 0 amide bonds. The van der Waals surface area contributed by atoms with Crippen molar-refractivity contribution in [2.75, 3.05) is 6.61 Å². The Kier molecular flexibility index (Phi) is 4.74. The number of hydrogen-bond acceptors (Lipinski definition) is 6. The number of aromatic nitrogens is 3. The van der Waals surface area contributed by atoms with Gasteiger partial charge >= 0.3 is 5.97 Å². The summed E-state index contributed by atoms with van der Waals surface area (Å²) in [6.45, 7) is 6.78. The normalized spacial score (nSPS) is 11.6. The summed E-state index contributed by atoms with van der Waals surface area (Å²) in [6.07, 6.45) is 3.34. The average molecular weight is 308 g/mol. The third-order valence-electron chi connectivity index (χ3n) is 3.22. The zero-order valence-corrected chi connectivity index (χ0v) is 13.5. The molecule has 0 atom stereocenters. The van der Waals surface area contributed by atoms with Gasteiger partial charge in [0.05, 0.1) is 24.0 Å². The van der Waals surface area contributed by atoms with Gasteiger partial charge in [-0.25, -0.2) is 9.78 Å². The molecule has 0 aromatic carbocycles. The molecule has 0 unspecified atom stereocenters. The van der Waals surface area contributed by atoms with E-state index in [1.807, 2.05) is 12.4 Å². The molecular weight excluding hydrogens is 288 g/mol. The van der Waals surface area contributed by atoms with E-state index in [0.29, 0.717) is 18.7 Å². The first-order chi connectivity index (χ1) is 9.95. The minimum absolute atomic E-state index is 0.273. The number of nitrogens with zero attached hydrogens (tertiary/aromatic N) is 3. The van der Waals surface area contributed by atoms with E-state index in [1.54, 1.807) is 35.3 Å². The Morgan fingerprint density at radius 1 is 1.52 bits per heavy atom. The van der Waals surface area contributed by atoms with Gasteiger partial charge in [-0.15, -0.1) is 11.3 Å². The Labute approximate surface area is 128 Å². The number of esters is 1. The van der Waals surface area contributed by atoms with Crippen molar-refractivity contribution in [3.63, 3.8) is 0 Å². The molecule has 1 N–H and O–H groups in total. The van der Waals surface area contributed by atoms with Crippen molar-refractivity contribution in [3.8, 4) is 0 Å². The van der Waals surface area contributed by atoms with Crippen LogP contribution in [0.1, 0.15) is 41.8 Å². The fraction of sp³-hybridized carbons (Fsp3) is 0.500. The molecule has 114 valence electrons. The van der Waals surface area contributed by atoms with Crippen molar-refractivity contribution in [2.45, 2.75) is 32.9 Å².